The molecule has 2 aliphatic heterocycles. The van der Waals surface area contributed by atoms with Crippen molar-refractivity contribution in [3.05, 3.63) is 63.7 Å². The molecule has 2 heterocycles. The summed E-state index contributed by atoms with van der Waals surface area (Å²) in [5, 5.41) is 11.0. The molecule has 0 atom stereocenters. The Balaban J connectivity index is 1.16. The lowest BCUT2D eigenvalue weighted by Crippen LogP contribution is -2.47. The Bertz CT molecular complexity index is 1200. The average Bonchev–Trinajstić information content (AvgIpc) is 2.93. The minimum atomic E-state index is -4.83. The Morgan fingerprint density at radius 2 is 1.63 bits per heavy atom. The van der Waals surface area contributed by atoms with Gasteiger partial charge in [-0.3, -0.25) is 15.0 Å². The minimum absolute atomic E-state index is 0.00836. The quantitative estimate of drug-likeness (QED) is 0.192. The van der Waals surface area contributed by atoms with Crippen LogP contribution in [0.1, 0.15) is 57.6 Å². The molecule has 2 saturated heterocycles. The molecule has 224 valence electrons. The number of anilines is 1. The number of piperazine rings is 1. The molecule has 11 heteroatoms. The number of hydrogen-bond acceptors (Lipinski definition) is 6. The van der Waals surface area contributed by atoms with Crippen LogP contribution >= 0.6 is 12.2 Å². The summed E-state index contributed by atoms with van der Waals surface area (Å²) >= 11 is 5.69. The number of rotatable bonds is 8. The van der Waals surface area contributed by atoms with Gasteiger partial charge in [-0.05, 0) is 54.6 Å². The standard InChI is InChI=1S/C30H39F3N4O3S/c1-29(2,3)22-6-8-23(9-7-22)35-19-17-34(18-20-35)14-4-5-28(41)36-15-12-24(13-16-36)40-25-10-11-27(37(38)39)26(21-25)30(31,32)33/h6-11,21,24H,4-5,12-20H2,1-3H3. The maximum atomic E-state index is 13.3. The molecule has 0 unspecified atom stereocenters. The van der Waals surface area contributed by atoms with Crippen LogP contribution in [0.3, 0.4) is 0 Å². The number of benzene rings is 2. The number of ether oxygens (including phenoxy) is 1. The van der Waals surface area contributed by atoms with Crippen molar-refractivity contribution in [2.75, 3.05) is 50.7 Å². The van der Waals surface area contributed by atoms with Gasteiger partial charge in [-0.25, -0.2) is 0 Å². The van der Waals surface area contributed by atoms with Crippen LogP contribution in [0.4, 0.5) is 24.5 Å². The number of likely N-dealkylation sites (tertiary alicyclic amines) is 1. The number of nitro groups is 1. The van der Waals surface area contributed by atoms with Gasteiger partial charge in [-0.1, -0.05) is 45.1 Å². The molecule has 4 rings (SSSR count). The Morgan fingerprint density at radius 3 is 2.20 bits per heavy atom. The summed E-state index contributed by atoms with van der Waals surface area (Å²) in [5.41, 5.74) is 0.505. The Morgan fingerprint density at radius 1 is 1.00 bits per heavy atom. The number of hydrogen-bond donors (Lipinski definition) is 0. The maximum Gasteiger partial charge on any atom is 0.423 e. The van der Waals surface area contributed by atoms with Crippen LogP contribution in [0.15, 0.2) is 42.5 Å². The van der Waals surface area contributed by atoms with E-state index in [9.17, 15) is 23.3 Å². The molecule has 0 N–H and O–H groups in total. The van der Waals surface area contributed by atoms with Crippen molar-refractivity contribution in [2.24, 2.45) is 0 Å². The van der Waals surface area contributed by atoms with Gasteiger partial charge < -0.3 is 14.5 Å². The van der Waals surface area contributed by atoms with Crippen LogP contribution in [0.2, 0.25) is 0 Å². The largest absolute Gasteiger partial charge is 0.490 e. The summed E-state index contributed by atoms with van der Waals surface area (Å²) in [6.07, 6.45) is -2.04. The Hall–Kier alpha value is -2.92. The minimum Gasteiger partial charge on any atom is -0.490 e. The van der Waals surface area contributed by atoms with Gasteiger partial charge in [0.2, 0.25) is 0 Å². The fourth-order valence-corrected chi connectivity index (χ4v) is 5.73. The lowest BCUT2D eigenvalue weighted by molar-refractivity contribution is -0.388. The highest BCUT2D eigenvalue weighted by atomic mass is 32.1. The number of piperidine rings is 1. The molecule has 2 aliphatic rings. The smallest absolute Gasteiger partial charge is 0.423 e. The molecular weight excluding hydrogens is 553 g/mol. The van der Waals surface area contributed by atoms with Crippen LogP contribution in [0, 0.1) is 10.1 Å². The van der Waals surface area contributed by atoms with Crippen molar-refractivity contribution in [1.82, 2.24) is 9.80 Å². The van der Waals surface area contributed by atoms with Crippen LogP contribution in [-0.4, -0.2) is 71.6 Å². The normalized spacial score (nSPS) is 17.5. The number of nitrogens with zero attached hydrogens (tertiary/aromatic N) is 4. The highest BCUT2D eigenvalue weighted by Crippen LogP contribution is 2.38. The first kappa shape index (κ1) is 31.0. The third-order valence-corrected chi connectivity index (χ3v) is 8.37. The zero-order valence-electron chi connectivity index (χ0n) is 24.0. The zero-order chi connectivity index (χ0) is 29.8. The summed E-state index contributed by atoms with van der Waals surface area (Å²) in [7, 11) is 0. The van der Waals surface area contributed by atoms with E-state index in [1.54, 1.807) is 0 Å². The molecule has 2 fully saturated rings. The van der Waals surface area contributed by atoms with E-state index in [0.29, 0.717) is 25.9 Å². The van der Waals surface area contributed by atoms with Crippen molar-refractivity contribution < 1.29 is 22.8 Å². The number of alkyl halides is 3. The number of halogens is 3. The molecule has 0 saturated carbocycles. The molecule has 0 amide bonds. The summed E-state index contributed by atoms with van der Waals surface area (Å²) in [5.74, 6) is -0.00836. The topological polar surface area (TPSA) is 62.1 Å². The molecule has 0 aromatic heterocycles. The van der Waals surface area contributed by atoms with Gasteiger partial charge in [-0.2, -0.15) is 13.2 Å². The van der Waals surface area contributed by atoms with E-state index in [1.807, 2.05) is 0 Å². The summed E-state index contributed by atoms with van der Waals surface area (Å²) in [4.78, 5) is 18.0. The molecule has 0 aliphatic carbocycles. The van der Waals surface area contributed by atoms with E-state index in [2.05, 4.69) is 59.7 Å². The van der Waals surface area contributed by atoms with Gasteiger partial charge in [0.05, 0.1) is 9.91 Å². The van der Waals surface area contributed by atoms with Crippen LogP contribution < -0.4 is 9.64 Å². The average molecular weight is 593 g/mol. The third kappa shape index (κ3) is 8.31. The van der Waals surface area contributed by atoms with E-state index < -0.39 is 22.4 Å². The fraction of sp³-hybridized carbons (Fsp3) is 0.567. The second kappa shape index (κ2) is 12.9. The summed E-state index contributed by atoms with van der Waals surface area (Å²) in [6.45, 7) is 13.1. The molecule has 41 heavy (non-hydrogen) atoms. The second-order valence-corrected chi connectivity index (χ2v) is 12.3. The van der Waals surface area contributed by atoms with E-state index in [1.165, 1.54) is 17.3 Å². The Labute approximate surface area is 245 Å². The molecule has 7 nitrogen and oxygen atoms in total. The van der Waals surface area contributed by atoms with Crippen LogP contribution in [0.25, 0.3) is 0 Å². The molecular formula is C30H39F3N4O3S. The molecule has 0 bridgehead atoms. The molecule has 2 aromatic carbocycles. The first-order chi connectivity index (χ1) is 19.3. The molecule has 2 aromatic rings. The predicted octanol–water partition coefficient (Wildman–Crippen LogP) is 6.68. The zero-order valence-corrected chi connectivity index (χ0v) is 24.8. The number of nitro benzene ring substituents is 1. The van der Waals surface area contributed by atoms with Crippen molar-refractivity contribution in [2.45, 2.75) is 64.1 Å². The van der Waals surface area contributed by atoms with Crippen molar-refractivity contribution in [3.8, 4) is 5.75 Å². The fourth-order valence-electron chi connectivity index (χ4n) is 5.40. The number of thiocarbonyl (C=S) groups is 1. The van der Waals surface area contributed by atoms with E-state index in [0.717, 1.165) is 62.7 Å². The summed E-state index contributed by atoms with van der Waals surface area (Å²) < 4.78 is 45.6. The molecule has 0 radical (unpaired) electrons. The third-order valence-electron chi connectivity index (χ3n) is 7.90. The van der Waals surface area contributed by atoms with E-state index in [-0.39, 0.29) is 17.3 Å². The van der Waals surface area contributed by atoms with Gasteiger partial charge >= 0.3 is 6.18 Å². The lowest BCUT2D eigenvalue weighted by Gasteiger charge is -2.37. The highest BCUT2D eigenvalue weighted by Gasteiger charge is 2.39. The van der Waals surface area contributed by atoms with Gasteiger partial charge in [0.15, 0.2) is 0 Å². The van der Waals surface area contributed by atoms with Gasteiger partial charge in [-0.15, -0.1) is 0 Å². The highest BCUT2D eigenvalue weighted by molar-refractivity contribution is 7.80. The second-order valence-electron chi connectivity index (χ2n) is 11.9. The monoisotopic (exact) mass is 592 g/mol. The molecule has 0 spiro atoms. The van der Waals surface area contributed by atoms with Crippen molar-refractivity contribution >= 4 is 28.6 Å². The summed E-state index contributed by atoms with van der Waals surface area (Å²) in [6, 6.07) is 11.7. The SMILES string of the molecule is CC(C)(C)c1ccc(N2CCN(CCCC(=S)N3CCC(Oc4ccc([N+](=O)[O-])c(C(F)(F)F)c4)CC3)CC2)cc1. The van der Waals surface area contributed by atoms with Gasteiger partial charge in [0.25, 0.3) is 5.69 Å². The maximum absolute atomic E-state index is 13.3. The van der Waals surface area contributed by atoms with Gasteiger partial charge in [0.1, 0.15) is 17.4 Å². The van der Waals surface area contributed by atoms with Crippen molar-refractivity contribution in [1.29, 1.82) is 0 Å². The van der Waals surface area contributed by atoms with Crippen LogP contribution in [0.5, 0.6) is 5.75 Å². The predicted molar refractivity (Wildman–Crippen MR) is 159 cm³/mol. The Kier molecular flexibility index (Phi) is 9.79. The first-order valence-electron chi connectivity index (χ1n) is 14.2. The van der Waals surface area contributed by atoms with E-state index >= 15 is 0 Å². The van der Waals surface area contributed by atoms with Gasteiger partial charge in [0, 0.05) is 63.9 Å². The first-order valence-corrected chi connectivity index (χ1v) is 14.6. The van der Waals surface area contributed by atoms with Crippen molar-refractivity contribution in [3.63, 3.8) is 0 Å². The lowest BCUT2D eigenvalue weighted by atomic mass is 9.87. The van der Waals surface area contributed by atoms with E-state index in [4.69, 9.17) is 17.0 Å². The van der Waals surface area contributed by atoms with Crippen LogP contribution in [-0.2, 0) is 11.6 Å².